The molecule has 0 bridgehead atoms. The summed E-state index contributed by atoms with van der Waals surface area (Å²) in [6.07, 6.45) is 20.5. The molecule has 1 aliphatic heterocycles. The number of hydrogen-bond acceptors (Lipinski definition) is 2. The van der Waals surface area contributed by atoms with E-state index in [2.05, 4.69) is 95.3 Å². The number of benzene rings is 2. The van der Waals surface area contributed by atoms with E-state index in [0.29, 0.717) is 11.8 Å². The molecule has 156 valence electrons. The zero-order valence-corrected chi connectivity index (χ0v) is 18.0. The van der Waals surface area contributed by atoms with Gasteiger partial charge >= 0.3 is 0 Å². The Bertz CT molecular complexity index is 1380. The molecule has 32 heavy (non-hydrogen) atoms. The Morgan fingerprint density at radius 3 is 2.75 bits per heavy atom. The Hall–Kier alpha value is -3.65. The fraction of sp³-hybridized carbons (Fsp3) is 0.167. The van der Waals surface area contributed by atoms with Crippen molar-refractivity contribution >= 4 is 12.2 Å². The molecular formula is C30H26N2. The first-order chi connectivity index (χ1) is 15.9. The summed E-state index contributed by atoms with van der Waals surface area (Å²) >= 11 is 0. The molecule has 0 radical (unpaired) electrons. The maximum absolute atomic E-state index is 4.62. The van der Waals surface area contributed by atoms with Gasteiger partial charge in [-0.25, -0.2) is 0 Å². The molecular weight excluding hydrogens is 388 g/mol. The first-order valence-corrected chi connectivity index (χ1v) is 11.5. The van der Waals surface area contributed by atoms with Crippen LogP contribution in [0.1, 0.15) is 29.2 Å². The highest BCUT2D eigenvalue weighted by molar-refractivity contribution is 5.74. The maximum Gasteiger partial charge on any atom is 0.0409 e. The smallest absolute Gasteiger partial charge is 0.0409 e. The second-order valence-corrected chi connectivity index (χ2v) is 8.85. The summed E-state index contributed by atoms with van der Waals surface area (Å²) in [6, 6.07) is 19.8. The topological polar surface area (TPSA) is 24.9 Å². The molecule has 2 unspecified atom stereocenters. The third kappa shape index (κ3) is 3.42. The van der Waals surface area contributed by atoms with Crippen molar-refractivity contribution in [2.75, 3.05) is 0 Å². The Labute approximate surface area is 189 Å². The highest BCUT2D eigenvalue weighted by atomic mass is 14.9. The average Bonchev–Trinajstić information content (AvgIpc) is 3.13. The summed E-state index contributed by atoms with van der Waals surface area (Å²) in [4.78, 5) is 4.62. The van der Waals surface area contributed by atoms with Gasteiger partial charge in [-0.15, -0.1) is 0 Å². The zero-order chi connectivity index (χ0) is 21.3. The summed E-state index contributed by atoms with van der Waals surface area (Å²) in [5, 5.41) is 6.36. The minimum atomic E-state index is 0.340. The van der Waals surface area contributed by atoms with Crippen LogP contribution in [0.3, 0.4) is 0 Å². The van der Waals surface area contributed by atoms with E-state index in [-0.39, 0.29) is 0 Å². The number of hydrogen-bond donors (Lipinski definition) is 1. The number of rotatable bonds is 3. The van der Waals surface area contributed by atoms with Gasteiger partial charge in [-0.1, -0.05) is 66.8 Å². The van der Waals surface area contributed by atoms with Crippen LogP contribution in [-0.4, -0.2) is 4.98 Å². The lowest BCUT2D eigenvalue weighted by Crippen LogP contribution is -2.39. The molecule has 2 aliphatic carbocycles. The Morgan fingerprint density at radius 1 is 0.875 bits per heavy atom. The maximum atomic E-state index is 4.62. The van der Waals surface area contributed by atoms with E-state index in [1.807, 2.05) is 18.5 Å². The van der Waals surface area contributed by atoms with Crippen LogP contribution in [-0.2, 0) is 12.8 Å². The Kier molecular flexibility index (Phi) is 4.84. The molecule has 3 aromatic rings. The third-order valence-corrected chi connectivity index (χ3v) is 6.89. The van der Waals surface area contributed by atoms with Crippen molar-refractivity contribution in [2.24, 2.45) is 5.92 Å². The van der Waals surface area contributed by atoms with Crippen LogP contribution in [0, 0.1) is 5.92 Å². The number of nitrogens with zero attached hydrogens (tertiary/aromatic N) is 1. The summed E-state index contributed by atoms with van der Waals surface area (Å²) in [7, 11) is 0. The van der Waals surface area contributed by atoms with Gasteiger partial charge in [-0.2, -0.15) is 0 Å². The lowest BCUT2D eigenvalue weighted by Gasteiger charge is -2.30. The van der Waals surface area contributed by atoms with Gasteiger partial charge < -0.3 is 5.32 Å². The Morgan fingerprint density at radius 2 is 1.81 bits per heavy atom. The van der Waals surface area contributed by atoms with Gasteiger partial charge in [0.1, 0.15) is 0 Å². The van der Waals surface area contributed by atoms with E-state index in [9.17, 15) is 0 Å². The van der Waals surface area contributed by atoms with Crippen molar-refractivity contribution in [3.63, 3.8) is 0 Å². The summed E-state index contributed by atoms with van der Waals surface area (Å²) in [5.41, 5.74) is 8.02. The lowest BCUT2D eigenvalue weighted by atomic mass is 9.76. The molecule has 0 fully saturated rings. The number of allylic oxidation sites excluding steroid dienone is 5. The average molecular weight is 415 g/mol. The highest BCUT2D eigenvalue weighted by Crippen LogP contribution is 2.34. The Balaban J connectivity index is 1.52. The van der Waals surface area contributed by atoms with Crippen molar-refractivity contribution in [1.82, 2.24) is 10.3 Å². The molecule has 2 heterocycles. The summed E-state index contributed by atoms with van der Waals surface area (Å²) in [6.45, 7) is 0. The van der Waals surface area contributed by atoms with Crippen LogP contribution in [0.4, 0.5) is 0 Å². The van der Waals surface area contributed by atoms with Crippen molar-refractivity contribution < 1.29 is 0 Å². The van der Waals surface area contributed by atoms with E-state index in [0.717, 1.165) is 25.0 Å². The quantitative estimate of drug-likeness (QED) is 0.668. The monoisotopic (exact) mass is 414 g/mol. The van der Waals surface area contributed by atoms with E-state index in [1.165, 1.54) is 38.4 Å². The van der Waals surface area contributed by atoms with Gasteiger partial charge in [0.15, 0.2) is 0 Å². The van der Waals surface area contributed by atoms with Crippen LogP contribution in [0.25, 0.3) is 23.3 Å². The minimum absolute atomic E-state index is 0.340. The first-order valence-electron chi connectivity index (χ1n) is 11.5. The van der Waals surface area contributed by atoms with Gasteiger partial charge in [0.2, 0.25) is 0 Å². The number of nitrogens with one attached hydrogen (secondary N) is 1. The second-order valence-electron chi connectivity index (χ2n) is 8.85. The number of fused-ring (bicyclic) bond motifs is 5. The SMILES string of the molecule is C1=CC=C(C2CC(Cc3ccccn3)C=c3c2ccc2c3=CCc3ccccc3-2)NC=C1. The fourth-order valence-corrected chi connectivity index (χ4v) is 5.42. The predicted octanol–water partition coefficient (Wildman–Crippen LogP) is 4.77. The molecule has 0 saturated carbocycles. The zero-order valence-electron chi connectivity index (χ0n) is 18.0. The van der Waals surface area contributed by atoms with Gasteiger partial charge in [-0.3, -0.25) is 4.98 Å². The number of aromatic nitrogens is 1. The van der Waals surface area contributed by atoms with Crippen molar-refractivity contribution in [1.29, 1.82) is 0 Å². The van der Waals surface area contributed by atoms with Gasteiger partial charge in [0.05, 0.1) is 0 Å². The fourth-order valence-electron chi connectivity index (χ4n) is 5.42. The molecule has 2 nitrogen and oxygen atoms in total. The van der Waals surface area contributed by atoms with Gasteiger partial charge in [-0.05, 0) is 82.2 Å². The summed E-state index contributed by atoms with van der Waals surface area (Å²) < 4.78 is 0. The van der Waals surface area contributed by atoms with Crippen LogP contribution < -0.4 is 15.8 Å². The van der Waals surface area contributed by atoms with Crippen molar-refractivity contribution in [2.45, 2.75) is 25.2 Å². The van der Waals surface area contributed by atoms with E-state index in [1.54, 1.807) is 0 Å². The van der Waals surface area contributed by atoms with Crippen molar-refractivity contribution in [3.05, 3.63) is 124 Å². The number of pyridine rings is 1. The lowest BCUT2D eigenvalue weighted by molar-refractivity contribution is 0.530. The molecule has 3 aliphatic rings. The molecule has 0 saturated heterocycles. The third-order valence-electron chi connectivity index (χ3n) is 6.89. The van der Waals surface area contributed by atoms with Crippen LogP contribution >= 0.6 is 0 Å². The van der Waals surface area contributed by atoms with Gasteiger partial charge in [0, 0.05) is 29.7 Å². The molecule has 1 aromatic heterocycles. The van der Waals surface area contributed by atoms with Crippen LogP contribution in [0.5, 0.6) is 0 Å². The first kappa shape index (κ1) is 19.1. The van der Waals surface area contributed by atoms with E-state index < -0.39 is 0 Å². The molecule has 0 amide bonds. The van der Waals surface area contributed by atoms with E-state index in [4.69, 9.17) is 0 Å². The second kappa shape index (κ2) is 8.12. The standard InChI is InChI=1S/C30H26N2/c1-2-11-30(32-17-6-1)29-20-21(18-23-9-5-7-16-31-23)19-28-26-13-12-22-8-3-4-10-24(22)25(26)14-15-27(28)29/h1-11,13-17,19,21,29,32H,12,18,20H2. The van der Waals surface area contributed by atoms with Gasteiger partial charge in [0.25, 0.3) is 0 Å². The normalized spacial score (nSPS) is 20.4. The molecule has 0 spiro atoms. The summed E-state index contributed by atoms with van der Waals surface area (Å²) in [5.74, 6) is 0.783. The van der Waals surface area contributed by atoms with E-state index >= 15 is 0 Å². The molecule has 1 N–H and O–H groups in total. The largest absolute Gasteiger partial charge is 0.364 e. The van der Waals surface area contributed by atoms with Crippen LogP contribution in [0.2, 0.25) is 0 Å². The van der Waals surface area contributed by atoms with Crippen LogP contribution in [0.15, 0.2) is 97.0 Å². The highest BCUT2D eigenvalue weighted by Gasteiger charge is 2.27. The molecule has 2 aromatic carbocycles. The molecule has 2 heteroatoms. The van der Waals surface area contributed by atoms with Crippen molar-refractivity contribution in [3.8, 4) is 11.1 Å². The minimum Gasteiger partial charge on any atom is -0.364 e. The molecule has 6 rings (SSSR count). The predicted molar refractivity (Wildman–Crippen MR) is 132 cm³/mol. The molecule has 2 atom stereocenters.